The van der Waals surface area contributed by atoms with Crippen LogP contribution in [0, 0.1) is 0 Å². The van der Waals surface area contributed by atoms with Crippen molar-refractivity contribution < 1.29 is 0 Å². The fourth-order valence-corrected chi connectivity index (χ4v) is 10.8. The van der Waals surface area contributed by atoms with Crippen LogP contribution in [0.1, 0.15) is 0 Å². The Morgan fingerprint density at radius 3 is 1.40 bits per heavy atom. The summed E-state index contributed by atoms with van der Waals surface area (Å²) < 4.78 is 5.20. The van der Waals surface area contributed by atoms with Crippen LogP contribution in [0.3, 0.4) is 0 Å². The molecule has 0 saturated carbocycles. The van der Waals surface area contributed by atoms with Crippen molar-refractivity contribution in [3.63, 3.8) is 0 Å². The maximum Gasteiger partial charge on any atom is 0.0632 e. The van der Waals surface area contributed by atoms with Gasteiger partial charge in [-0.1, -0.05) is 200 Å². The first kappa shape index (κ1) is 36.1. The lowest BCUT2D eigenvalue weighted by atomic mass is 9.80. The van der Waals surface area contributed by atoms with E-state index in [1.807, 2.05) is 11.3 Å². The van der Waals surface area contributed by atoms with Gasteiger partial charge in [0.05, 0.1) is 11.0 Å². The maximum absolute atomic E-state index is 2.56. The minimum Gasteiger partial charge on any atom is -0.308 e. The Morgan fingerprint density at radius 2 is 0.742 bits per heavy atom. The van der Waals surface area contributed by atoms with E-state index in [0.29, 0.717) is 0 Å². The Hall–Kier alpha value is -7.78. The average molecular weight is 806 g/mol. The summed E-state index contributed by atoms with van der Waals surface area (Å²) in [5.41, 5.74) is 17.9. The van der Waals surface area contributed by atoms with E-state index in [2.05, 4.69) is 241 Å². The van der Waals surface area contributed by atoms with Crippen molar-refractivity contribution >= 4 is 53.3 Å². The largest absolute Gasteiger partial charge is 0.308 e. The number of benzene rings is 10. The number of hydrogen-bond donors (Lipinski definition) is 0. The van der Waals surface area contributed by atoms with E-state index in [-0.39, 0.29) is 0 Å². The summed E-state index contributed by atoms with van der Waals surface area (Å²) in [7, 11) is 0. The second kappa shape index (κ2) is 15.0. The van der Waals surface area contributed by atoms with Gasteiger partial charge in [0.25, 0.3) is 0 Å². The Kier molecular flexibility index (Phi) is 8.76. The van der Waals surface area contributed by atoms with E-state index in [9.17, 15) is 0 Å². The molecule has 0 atom stereocenters. The highest BCUT2D eigenvalue weighted by Gasteiger charge is 2.30. The summed E-state index contributed by atoms with van der Waals surface area (Å²) in [5, 5.41) is 5.08. The molecule has 0 unspecified atom stereocenters. The molecule has 0 aliphatic rings. The molecular formula is C60H39NS. The number of rotatable bonds is 7. The average Bonchev–Trinajstić information content (AvgIpc) is 3.90. The third kappa shape index (κ3) is 5.91. The first-order valence-corrected chi connectivity index (χ1v) is 22.1. The van der Waals surface area contributed by atoms with Crippen molar-refractivity contribution in [1.82, 2.24) is 4.57 Å². The zero-order valence-corrected chi connectivity index (χ0v) is 34.7. The van der Waals surface area contributed by atoms with E-state index >= 15 is 0 Å². The molecule has 0 N–H and O–H groups in total. The van der Waals surface area contributed by atoms with Crippen molar-refractivity contribution in [2.24, 2.45) is 0 Å². The topological polar surface area (TPSA) is 4.93 Å². The Bertz CT molecular complexity index is 3590. The molecule has 62 heavy (non-hydrogen) atoms. The molecule has 1 nitrogen and oxygen atoms in total. The van der Waals surface area contributed by atoms with Crippen molar-refractivity contribution in [1.29, 1.82) is 0 Å². The highest BCUT2D eigenvalue weighted by atomic mass is 32.1. The fraction of sp³-hybridized carbons (Fsp3) is 0. The van der Waals surface area contributed by atoms with Gasteiger partial charge in [0.2, 0.25) is 0 Å². The molecule has 0 fully saturated rings. The smallest absolute Gasteiger partial charge is 0.0632 e. The van der Waals surface area contributed by atoms with Crippen LogP contribution in [-0.4, -0.2) is 4.57 Å². The van der Waals surface area contributed by atoms with Crippen LogP contribution in [0.15, 0.2) is 237 Å². The first-order valence-electron chi connectivity index (χ1n) is 21.3. The Balaban J connectivity index is 1.26. The van der Waals surface area contributed by atoms with Gasteiger partial charge in [0.1, 0.15) is 0 Å². The first-order chi connectivity index (χ1) is 30.8. The zero-order valence-electron chi connectivity index (χ0n) is 33.9. The minimum absolute atomic E-state index is 1.12. The van der Waals surface area contributed by atoms with E-state index in [0.717, 1.165) is 5.69 Å². The number of para-hydroxylation sites is 2. The lowest BCUT2D eigenvalue weighted by Gasteiger charge is -2.24. The van der Waals surface area contributed by atoms with Gasteiger partial charge in [-0.05, 0) is 80.9 Å². The molecule has 0 spiro atoms. The van der Waals surface area contributed by atoms with Gasteiger partial charge in [0, 0.05) is 58.9 Å². The molecule has 0 bridgehead atoms. The van der Waals surface area contributed by atoms with Crippen LogP contribution in [0.2, 0.25) is 0 Å². The monoisotopic (exact) mass is 805 g/mol. The molecule has 12 rings (SSSR count). The van der Waals surface area contributed by atoms with Gasteiger partial charge in [-0.15, -0.1) is 11.3 Å². The summed E-state index contributed by atoms with van der Waals surface area (Å²) in [5.74, 6) is 0. The standard InChI is InChI=1S/C60H39NS/c1-6-20-40(21-7-1)54-55(41-22-8-2-9-23-41)57(43-26-12-4-13-27-43)60-58(56(54)42-24-10-3-11-25-42)50-34-19-33-48(59(50)61(60)47-30-14-5-15-31-47)46-29-18-28-44(38-46)45-36-37-53-51(39-45)49-32-16-17-35-52(49)62-53/h1-39H. The maximum atomic E-state index is 2.56. The fourth-order valence-electron chi connectivity index (χ4n) is 9.73. The van der Waals surface area contributed by atoms with Crippen LogP contribution in [0.5, 0.6) is 0 Å². The van der Waals surface area contributed by atoms with E-state index in [4.69, 9.17) is 0 Å². The van der Waals surface area contributed by atoms with E-state index in [1.54, 1.807) is 0 Å². The molecule has 2 heterocycles. The van der Waals surface area contributed by atoms with Crippen LogP contribution >= 0.6 is 11.3 Å². The number of thiophene rings is 1. The molecule has 12 aromatic rings. The zero-order chi connectivity index (χ0) is 41.0. The summed E-state index contributed by atoms with van der Waals surface area (Å²) >= 11 is 1.86. The summed E-state index contributed by atoms with van der Waals surface area (Å²) in [6.07, 6.45) is 0. The Morgan fingerprint density at radius 1 is 0.274 bits per heavy atom. The molecule has 0 saturated heterocycles. The number of fused-ring (bicyclic) bond motifs is 6. The van der Waals surface area contributed by atoms with Gasteiger partial charge < -0.3 is 4.57 Å². The highest BCUT2D eigenvalue weighted by molar-refractivity contribution is 7.25. The van der Waals surface area contributed by atoms with Gasteiger partial charge >= 0.3 is 0 Å². The Labute approximate surface area is 365 Å². The molecule has 0 amide bonds. The van der Waals surface area contributed by atoms with E-state index in [1.165, 1.54) is 109 Å². The number of hydrogen-bond acceptors (Lipinski definition) is 1. The molecule has 2 aromatic heterocycles. The summed E-state index contributed by atoms with van der Waals surface area (Å²) in [4.78, 5) is 0. The molecule has 10 aromatic carbocycles. The quantitative estimate of drug-likeness (QED) is 0.151. The molecule has 0 radical (unpaired) electrons. The normalized spacial score (nSPS) is 11.5. The van der Waals surface area contributed by atoms with Crippen molar-refractivity contribution in [2.45, 2.75) is 0 Å². The second-order valence-corrected chi connectivity index (χ2v) is 17.0. The predicted molar refractivity (Wildman–Crippen MR) is 266 cm³/mol. The van der Waals surface area contributed by atoms with Gasteiger partial charge in [-0.25, -0.2) is 0 Å². The van der Waals surface area contributed by atoms with Gasteiger partial charge in [-0.2, -0.15) is 0 Å². The molecule has 290 valence electrons. The summed E-state index contributed by atoms with van der Waals surface area (Å²) in [6.45, 7) is 0. The third-order valence-electron chi connectivity index (χ3n) is 12.4. The molecule has 0 aliphatic carbocycles. The van der Waals surface area contributed by atoms with Crippen molar-refractivity contribution in [3.8, 4) is 72.4 Å². The van der Waals surface area contributed by atoms with Crippen LogP contribution < -0.4 is 0 Å². The number of aromatic nitrogens is 1. The SMILES string of the molecule is c1ccc(-c2c(-c3ccccc3)c(-c3ccccc3)c3c(c2-c2ccccc2)c2cccc(-c4cccc(-c5ccc6sc7ccccc7c6c5)c4)c2n3-c2ccccc2)cc1. The van der Waals surface area contributed by atoms with E-state index < -0.39 is 0 Å². The predicted octanol–water partition coefficient (Wildman–Crippen LogP) is 17.2. The lowest BCUT2D eigenvalue weighted by Crippen LogP contribution is -2.01. The molecule has 0 aliphatic heterocycles. The van der Waals surface area contributed by atoms with Gasteiger partial charge in [0.15, 0.2) is 0 Å². The minimum atomic E-state index is 1.12. The van der Waals surface area contributed by atoms with Crippen LogP contribution in [0.4, 0.5) is 0 Å². The van der Waals surface area contributed by atoms with Crippen molar-refractivity contribution in [2.75, 3.05) is 0 Å². The van der Waals surface area contributed by atoms with Crippen LogP contribution in [0.25, 0.3) is 114 Å². The molecule has 2 heteroatoms. The summed E-state index contributed by atoms with van der Waals surface area (Å²) in [6, 6.07) is 86.8. The van der Waals surface area contributed by atoms with Gasteiger partial charge in [-0.3, -0.25) is 0 Å². The number of nitrogens with zero attached hydrogens (tertiary/aromatic N) is 1. The highest BCUT2D eigenvalue weighted by Crippen LogP contribution is 2.55. The lowest BCUT2D eigenvalue weighted by molar-refractivity contribution is 1.18. The van der Waals surface area contributed by atoms with Crippen molar-refractivity contribution in [3.05, 3.63) is 237 Å². The molecular weight excluding hydrogens is 767 g/mol. The third-order valence-corrected chi connectivity index (χ3v) is 13.5. The van der Waals surface area contributed by atoms with Crippen LogP contribution in [-0.2, 0) is 0 Å². The second-order valence-electron chi connectivity index (χ2n) is 16.0.